The van der Waals surface area contributed by atoms with Crippen LogP contribution in [0.3, 0.4) is 0 Å². The van der Waals surface area contributed by atoms with Crippen LogP contribution in [-0.2, 0) is 9.59 Å². The Kier molecular flexibility index (Phi) is 2.70. The van der Waals surface area contributed by atoms with Crippen LogP contribution in [0.25, 0.3) is 0 Å². The van der Waals surface area contributed by atoms with Crippen molar-refractivity contribution < 1.29 is 19.8 Å². The molecule has 0 saturated heterocycles. The van der Waals surface area contributed by atoms with Crippen LogP contribution < -0.4 is 0 Å². The lowest BCUT2D eigenvalue weighted by Crippen LogP contribution is -2.22. The third-order valence-corrected chi connectivity index (χ3v) is 2.22. The van der Waals surface area contributed by atoms with E-state index in [1.54, 1.807) is 0 Å². The van der Waals surface area contributed by atoms with Crippen LogP contribution in [0.4, 0.5) is 0 Å². The zero-order valence-electron chi connectivity index (χ0n) is 7.36. The molecule has 0 radical (unpaired) electrons. The van der Waals surface area contributed by atoms with Crippen LogP contribution >= 0.6 is 0 Å². The SMILES string of the molecule is CC1CC(C(=O)O)=CC(C(=O)O)C1. The summed E-state index contributed by atoms with van der Waals surface area (Å²) in [6, 6.07) is 0. The standard InChI is InChI=1S/C9H12O4/c1-5-2-6(8(10)11)4-7(3-5)9(12)13/h4-6H,2-3H2,1H3,(H,10,11)(H,12,13). The van der Waals surface area contributed by atoms with Gasteiger partial charge in [0.25, 0.3) is 0 Å². The fourth-order valence-corrected chi connectivity index (χ4v) is 1.60. The molecule has 0 aromatic rings. The maximum atomic E-state index is 10.6. The summed E-state index contributed by atoms with van der Waals surface area (Å²) in [5, 5.41) is 17.4. The Morgan fingerprint density at radius 3 is 2.54 bits per heavy atom. The molecule has 0 saturated carbocycles. The fraction of sp³-hybridized carbons (Fsp3) is 0.556. The maximum Gasteiger partial charge on any atom is 0.331 e. The van der Waals surface area contributed by atoms with E-state index < -0.39 is 17.9 Å². The summed E-state index contributed by atoms with van der Waals surface area (Å²) >= 11 is 0. The molecule has 2 N–H and O–H groups in total. The first kappa shape index (κ1) is 9.77. The van der Waals surface area contributed by atoms with E-state index in [0.29, 0.717) is 12.8 Å². The van der Waals surface area contributed by atoms with Crippen LogP contribution in [0.2, 0.25) is 0 Å². The van der Waals surface area contributed by atoms with Crippen molar-refractivity contribution in [1.82, 2.24) is 0 Å². The number of carboxylic acid groups (broad SMARTS) is 2. The molecule has 0 fully saturated rings. The summed E-state index contributed by atoms with van der Waals surface area (Å²) in [6.07, 6.45) is 2.36. The summed E-state index contributed by atoms with van der Waals surface area (Å²) in [7, 11) is 0. The molecule has 0 bridgehead atoms. The summed E-state index contributed by atoms with van der Waals surface area (Å²) in [5.74, 6) is -2.44. The molecule has 72 valence electrons. The molecule has 13 heavy (non-hydrogen) atoms. The molecule has 0 aliphatic heterocycles. The minimum absolute atomic E-state index is 0.136. The second-order valence-electron chi connectivity index (χ2n) is 3.49. The van der Waals surface area contributed by atoms with Gasteiger partial charge in [0.2, 0.25) is 0 Å². The van der Waals surface area contributed by atoms with Gasteiger partial charge in [0.15, 0.2) is 0 Å². The van der Waals surface area contributed by atoms with E-state index in [4.69, 9.17) is 10.2 Å². The van der Waals surface area contributed by atoms with Gasteiger partial charge in [-0.05, 0) is 18.8 Å². The molecule has 1 aliphatic rings. The molecule has 2 atom stereocenters. The zero-order chi connectivity index (χ0) is 10.0. The van der Waals surface area contributed by atoms with Gasteiger partial charge in [-0.1, -0.05) is 13.0 Å². The largest absolute Gasteiger partial charge is 0.481 e. The summed E-state index contributed by atoms with van der Waals surface area (Å²) in [6.45, 7) is 1.87. The van der Waals surface area contributed by atoms with Crippen molar-refractivity contribution in [2.24, 2.45) is 11.8 Å². The zero-order valence-corrected chi connectivity index (χ0v) is 7.36. The molecule has 4 heteroatoms. The van der Waals surface area contributed by atoms with E-state index in [-0.39, 0.29) is 11.5 Å². The number of carboxylic acids is 2. The monoisotopic (exact) mass is 184 g/mol. The molecule has 0 amide bonds. The number of aliphatic carboxylic acids is 2. The predicted molar refractivity (Wildman–Crippen MR) is 45.2 cm³/mol. The lowest BCUT2D eigenvalue weighted by molar-refractivity contribution is -0.140. The first-order valence-electron chi connectivity index (χ1n) is 4.17. The van der Waals surface area contributed by atoms with Crippen LogP contribution in [-0.4, -0.2) is 22.2 Å². The number of carbonyl (C=O) groups is 2. The quantitative estimate of drug-likeness (QED) is 0.674. The fourth-order valence-electron chi connectivity index (χ4n) is 1.60. The van der Waals surface area contributed by atoms with Crippen molar-refractivity contribution in [3.8, 4) is 0 Å². The molecular weight excluding hydrogens is 172 g/mol. The minimum Gasteiger partial charge on any atom is -0.481 e. The van der Waals surface area contributed by atoms with E-state index in [9.17, 15) is 9.59 Å². The van der Waals surface area contributed by atoms with Gasteiger partial charge in [0.05, 0.1) is 5.92 Å². The van der Waals surface area contributed by atoms with E-state index in [1.807, 2.05) is 6.92 Å². The molecule has 0 aromatic heterocycles. The first-order valence-corrected chi connectivity index (χ1v) is 4.17. The van der Waals surface area contributed by atoms with Gasteiger partial charge in [-0.15, -0.1) is 0 Å². The lowest BCUT2D eigenvalue weighted by atomic mass is 9.83. The van der Waals surface area contributed by atoms with Crippen LogP contribution in [0.1, 0.15) is 19.8 Å². The van der Waals surface area contributed by atoms with E-state index in [0.717, 1.165) is 0 Å². The second-order valence-corrected chi connectivity index (χ2v) is 3.49. The lowest BCUT2D eigenvalue weighted by Gasteiger charge is -2.21. The molecule has 0 aromatic carbocycles. The number of rotatable bonds is 2. The summed E-state index contributed by atoms with van der Waals surface area (Å²) in [4.78, 5) is 21.2. The highest BCUT2D eigenvalue weighted by molar-refractivity contribution is 5.88. The molecule has 0 heterocycles. The highest BCUT2D eigenvalue weighted by Crippen LogP contribution is 2.28. The Morgan fingerprint density at radius 1 is 1.46 bits per heavy atom. The Morgan fingerprint density at radius 2 is 2.08 bits per heavy atom. The Hall–Kier alpha value is -1.32. The van der Waals surface area contributed by atoms with Crippen LogP contribution in [0.15, 0.2) is 11.6 Å². The van der Waals surface area contributed by atoms with Crippen LogP contribution in [0.5, 0.6) is 0 Å². The minimum atomic E-state index is -1.00. The van der Waals surface area contributed by atoms with Crippen molar-refractivity contribution in [3.63, 3.8) is 0 Å². The van der Waals surface area contributed by atoms with E-state index in [1.165, 1.54) is 6.08 Å². The van der Waals surface area contributed by atoms with Crippen molar-refractivity contribution in [2.45, 2.75) is 19.8 Å². The predicted octanol–water partition coefficient (Wildman–Crippen LogP) is 1.13. The Balaban J connectivity index is 2.85. The van der Waals surface area contributed by atoms with Crippen molar-refractivity contribution in [2.75, 3.05) is 0 Å². The van der Waals surface area contributed by atoms with Gasteiger partial charge in [0.1, 0.15) is 0 Å². The van der Waals surface area contributed by atoms with Crippen molar-refractivity contribution in [1.29, 1.82) is 0 Å². The molecule has 2 unspecified atom stereocenters. The first-order chi connectivity index (χ1) is 6.00. The topological polar surface area (TPSA) is 74.6 Å². The van der Waals surface area contributed by atoms with Crippen LogP contribution in [0, 0.1) is 11.8 Å². The van der Waals surface area contributed by atoms with Gasteiger partial charge in [-0.3, -0.25) is 4.79 Å². The molecule has 0 spiro atoms. The third kappa shape index (κ3) is 2.31. The van der Waals surface area contributed by atoms with Crippen molar-refractivity contribution >= 4 is 11.9 Å². The highest BCUT2D eigenvalue weighted by atomic mass is 16.4. The van der Waals surface area contributed by atoms with Crippen molar-refractivity contribution in [3.05, 3.63) is 11.6 Å². The molecule has 4 nitrogen and oxygen atoms in total. The molecule has 1 rings (SSSR count). The van der Waals surface area contributed by atoms with E-state index >= 15 is 0 Å². The smallest absolute Gasteiger partial charge is 0.331 e. The highest BCUT2D eigenvalue weighted by Gasteiger charge is 2.26. The van der Waals surface area contributed by atoms with Gasteiger partial charge in [-0.25, -0.2) is 4.79 Å². The second kappa shape index (κ2) is 3.60. The molecular formula is C9H12O4. The number of hydrogen-bond acceptors (Lipinski definition) is 2. The Bertz CT molecular complexity index is 267. The maximum absolute atomic E-state index is 10.6. The van der Waals surface area contributed by atoms with E-state index in [2.05, 4.69) is 0 Å². The number of hydrogen-bond donors (Lipinski definition) is 2. The normalized spacial score (nSPS) is 27.9. The average molecular weight is 184 g/mol. The average Bonchev–Trinajstić information content (AvgIpc) is 2.03. The van der Waals surface area contributed by atoms with Gasteiger partial charge >= 0.3 is 11.9 Å². The summed E-state index contributed by atoms with van der Waals surface area (Å²) < 4.78 is 0. The van der Waals surface area contributed by atoms with Gasteiger partial charge < -0.3 is 10.2 Å². The Labute approximate surface area is 75.9 Å². The van der Waals surface area contributed by atoms with Gasteiger partial charge in [-0.2, -0.15) is 0 Å². The third-order valence-electron chi connectivity index (χ3n) is 2.22. The van der Waals surface area contributed by atoms with Gasteiger partial charge in [0, 0.05) is 5.57 Å². The molecule has 1 aliphatic carbocycles. The summed E-state index contributed by atoms with van der Waals surface area (Å²) in [5.41, 5.74) is 0.228.